The third-order valence-electron chi connectivity index (χ3n) is 4.15. The second kappa shape index (κ2) is 9.88. The number of aromatic nitrogens is 2. The molecule has 0 aliphatic carbocycles. The van der Waals surface area contributed by atoms with Crippen LogP contribution in [0.4, 0.5) is 17.5 Å². The monoisotopic (exact) mass is 470 g/mol. The van der Waals surface area contributed by atoms with Crippen molar-refractivity contribution in [2.24, 2.45) is 0 Å². The van der Waals surface area contributed by atoms with E-state index < -0.39 is 0 Å². The Hall–Kier alpha value is -2.99. The first-order valence-corrected chi connectivity index (χ1v) is 10.5. The Labute approximate surface area is 195 Å². The quantitative estimate of drug-likeness (QED) is 0.291. The largest absolute Gasteiger partial charge is 0.439 e. The zero-order valence-electron chi connectivity index (χ0n) is 16.1. The van der Waals surface area contributed by atoms with Gasteiger partial charge in [0.05, 0.1) is 0 Å². The first kappa shape index (κ1) is 21.2. The van der Waals surface area contributed by atoms with E-state index in [0.717, 1.165) is 5.56 Å². The van der Waals surface area contributed by atoms with E-state index >= 15 is 0 Å². The number of hydrogen-bond acceptors (Lipinski definition) is 5. The van der Waals surface area contributed by atoms with Crippen LogP contribution in [0.3, 0.4) is 0 Å². The molecule has 0 aliphatic rings. The highest BCUT2D eigenvalue weighted by Crippen LogP contribution is 2.29. The molecule has 156 valence electrons. The van der Waals surface area contributed by atoms with Gasteiger partial charge in [0.15, 0.2) is 0 Å². The minimum Gasteiger partial charge on any atom is -0.439 e. The summed E-state index contributed by atoms with van der Waals surface area (Å²) >= 11 is 18.3. The van der Waals surface area contributed by atoms with Crippen LogP contribution in [-0.2, 0) is 6.54 Å². The third kappa shape index (κ3) is 6.25. The molecule has 0 unspecified atom stereocenters. The molecule has 0 saturated carbocycles. The lowest BCUT2D eigenvalue weighted by Gasteiger charge is -2.12. The van der Waals surface area contributed by atoms with Gasteiger partial charge >= 0.3 is 0 Å². The third-order valence-corrected chi connectivity index (χ3v) is 4.82. The molecule has 1 heterocycles. The molecule has 0 bridgehead atoms. The second-order valence-corrected chi connectivity index (χ2v) is 7.91. The summed E-state index contributed by atoms with van der Waals surface area (Å²) in [6, 6.07) is 23.9. The maximum atomic E-state index is 6.11. The number of rotatable bonds is 7. The summed E-state index contributed by atoms with van der Waals surface area (Å²) < 4.78 is 5.91. The number of hydrogen-bond donors (Lipinski definition) is 2. The molecule has 0 saturated heterocycles. The van der Waals surface area contributed by atoms with Crippen molar-refractivity contribution < 1.29 is 4.74 Å². The maximum Gasteiger partial charge on any atom is 0.228 e. The number of nitrogens with one attached hydrogen (secondary N) is 2. The van der Waals surface area contributed by atoms with Crippen LogP contribution in [-0.4, -0.2) is 9.97 Å². The predicted molar refractivity (Wildman–Crippen MR) is 127 cm³/mol. The Balaban J connectivity index is 1.62. The Morgan fingerprint density at radius 1 is 0.742 bits per heavy atom. The van der Waals surface area contributed by atoms with Crippen LogP contribution in [0.2, 0.25) is 15.1 Å². The zero-order valence-corrected chi connectivity index (χ0v) is 18.4. The summed E-state index contributed by atoms with van der Waals surface area (Å²) in [5.74, 6) is 1.83. The Morgan fingerprint density at radius 3 is 2.26 bits per heavy atom. The summed E-state index contributed by atoms with van der Waals surface area (Å²) in [7, 11) is 0. The topological polar surface area (TPSA) is 59.1 Å². The zero-order chi connectivity index (χ0) is 21.6. The molecular weight excluding hydrogens is 455 g/mol. The Bertz CT molecular complexity index is 1170. The van der Waals surface area contributed by atoms with Crippen molar-refractivity contribution in [1.82, 2.24) is 9.97 Å². The van der Waals surface area contributed by atoms with Gasteiger partial charge in [-0.3, -0.25) is 0 Å². The van der Waals surface area contributed by atoms with E-state index in [4.69, 9.17) is 39.5 Å². The SMILES string of the molecule is Clc1cc(Cl)cc(Nc2cc(Oc3cccc(Cl)c3)nc(NCc3ccccc3)n2)c1. The molecule has 4 rings (SSSR count). The van der Waals surface area contributed by atoms with Crippen molar-refractivity contribution in [1.29, 1.82) is 0 Å². The number of benzene rings is 3. The van der Waals surface area contributed by atoms with Gasteiger partial charge in [-0.2, -0.15) is 9.97 Å². The highest BCUT2D eigenvalue weighted by atomic mass is 35.5. The molecule has 4 aromatic rings. The summed E-state index contributed by atoms with van der Waals surface area (Å²) in [5, 5.41) is 8.02. The van der Waals surface area contributed by atoms with Crippen LogP contribution in [0.15, 0.2) is 78.9 Å². The highest BCUT2D eigenvalue weighted by molar-refractivity contribution is 6.35. The van der Waals surface area contributed by atoms with E-state index in [-0.39, 0.29) is 0 Å². The van der Waals surface area contributed by atoms with Crippen LogP contribution in [0.5, 0.6) is 11.6 Å². The normalized spacial score (nSPS) is 10.5. The van der Waals surface area contributed by atoms with Gasteiger partial charge in [-0.15, -0.1) is 0 Å². The molecule has 0 radical (unpaired) electrons. The molecule has 1 aromatic heterocycles. The van der Waals surface area contributed by atoms with Gasteiger partial charge in [0.1, 0.15) is 11.6 Å². The smallest absolute Gasteiger partial charge is 0.228 e. The van der Waals surface area contributed by atoms with E-state index in [9.17, 15) is 0 Å². The average Bonchev–Trinajstić information content (AvgIpc) is 2.72. The van der Waals surface area contributed by atoms with E-state index in [2.05, 4.69) is 20.6 Å². The van der Waals surface area contributed by atoms with Crippen molar-refractivity contribution in [3.63, 3.8) is 0 Å². The van der Waals surface area contributed by atoms with Gasteiger partial charge in [0, 0.05) is 33.4 Å². The second-order valence-electron chi connectivity index (χ2n) is 6.60. The van der Waals surface area contributed by atoms with E-state index in [1.54, 1.807) is 48.5 Å². The summed E-state index contributed by atoms with van der Waals surface area (Å²) in [6.45, 7) is 0.559. The van der Waals surface area contributed by atoms with Crippen LogP contribution in [0.25, 0.3) is 0 Å². The summed E-state index contributed by atoms with van der Waals surface area (Å²) in [6.07, 6.45) is 0. The van der Waals surface area contributed by atoms with Crippen molar-refractivity contribution in [3.8, 4) is 11.6 Å². The van der Waals surface area contributed by atoms with Crippen molar-refractivity contribution in [2.75, 3.05) is 10.6 Å². The first-order chi connectivity index (χ1) is 15.0. The molecule has 0 fully saturated rings. The maximum absolute atomic E-state index is 6.11. The van der Waals surface area contributed by atoms with Crippen LogP contribution < -0.4 is 15.4 Å². The van der Waals surface area contributed by atoms with E-state index in [0.29, 0.717) is 50.7 Å². The molecule has 0 aliphatic heterocycles. The first-order valence-electron chi connectivity index (χ1n) is 9.37. The molecule has 0 atom stereocenters. The van der Waals surface area contributed by atoms with Gasteiger partial charge in [-0.05, 0) is 42.0 Å². The van der Waals surface area contributed by atoms with Crippen LogP contribution in [0, 0.1) is 0 Å². The number of nitrogens with zero attached hydrogens (tertiary/aromatic N) is 2. The predicted octanol–water partition coefficient (Wildman–Crippen LogP) is 7.58. The lowest BCUT2D eigenvalue weighted by molar-refractivity contribution is 0.463. The lowest BCUT2D eigenvalue weighted by atomic mass is 10.2. The molecule has 31 heavy (non-hydrogen) atoms. The molecular formula is C23H17Cl3N4O. The lowest BCUT2D eigenvalue weighted by Crippen LogP contribution is -2.06. The molecule has 2 N–H and O–H groups in total. The number of ether oxygens (including phenoxy) is 1. The van der Waals surface area contributed by atoms with Crippen LogP contribution in [0.1, 0.15) is 5.56 Å². The molecule has 0 spiro atoms. The fourth-order valence-electron chi connectivity index (χ4n) is 2.82. The fraction of sp³-hybridized carbons (Fsp3) is 0.0435. The van der Waals surface area contributed by atoms with Gasteiger partial charge < -0.3 is 15.4 Å². The van der Waals surface area contributed by atoms with Gasteiger partial charge in [0.2, 0.25) is 11.8 Å². The standard InChI is InChI=1S/C23H17Cl3N4O/c24-16-7-4-8-20(12-16)31-22-13-21(28-19-10-17(25)9-18(26)11-19)29-23(30-22)27-14-15-5-2-1-3-6-15/h1-13H,14H2,(H2,27,28,29,30). The number of anilines is 3. The van der Waals surface area contributed by atoms with E-state index in [1.165, 1.54) is 0 Å². The summed E-state index contributed by atoms with van der Waals surface area (Å²) in [5.41, 5.74) is 1.79. The minimum absolute atomic E-state index is 0.350. The Kier molecular flexibility index (Phi) is 6.77. The van der Waals surface area contributed by atoms with Crippen molar-refractivity contribution in [2.45, 2.75) is 6.54 Å². The van der Waals surface area contributed by atoms with Crippen molar-refractivity contribution >= 4 is 52.3 Å². The number of halogens is 3. The molecule has 0 amide bonds. The van der Waals surface area contributed by atoms with Gasteiger partial charge in [-0.25, -0.2) is 0 Å². The Morgan fingerprint density at radius 2 is 1.52 bits per heavy atom. The molecule has 8 heteroatoms. The highest BCUT2D eigenvalue weighted by Gasteiger charge is 2.09. The van der Waals surface area contributed by atoms with E-state index in [1.807, 2.05) is 30.3 Å². The van der Waals surface area contributed by atoms with Crippen LogP contribution >= 0.6 is 34.8 Å². The molecule has 3 aromatic carbocycles. The average molecular weight is 472 g/mol. The molecule has 5 nitrogen and oxygen atoms in total. The van der Waals surface area contributed by atoms with Crippen molar-refractivity contribution in [3.05, 3.63) is 99.5 Å². The van der Waals surface area contributed by atoms with Gasteiger partial charge in [-0.1, -0.05) is 71.2 Å². The minimum atomic E-state index is 0.350. The fourth-order valence-corrected chi connectivity index (χ4v) is 3.53. The van der Waals surface area contributed by atoms with Gasteiger partial charge in [0.25, 0.3) is 0 Å². The summed E-state index contributed by atoms with van der Waals surface area (Å²) in [4.78, 5) is 9.01.